The topological polar surface area (TPSA) is 84.8 Å². The Balaban J connectivity index is 1.41. The van der Waals surface area contributed by atoms with Crippen LogP contribution in [0, 0.1) is 0 Å². The molecule has 0 saturated carbocycles. The molecule has 0 bridgehead atoms. The summed E-state index contributed by atoms with van der Waals surface area (Å²) in [7, 11) is 1.59. The zero-order chi connectivity index (χ0) is 26.0. The lowest BCUT2D eigenvalue weighted by Crippen LogP contribution is -2.15. The van der Waals surface area contributed by atoms with E-state index in [1.165, 1.54) is 23.9 Å². The average Bonchev–Trinajstić information content (AvgIpc) is 3.51. The second-order valence-electron chi connectivity index (χ2n) is 8.00. The van der Waals surface area contributed by atoms with Gasteiger partial charge in [-0.3, -0.25) is 9.36 Å². The number of ether oxygens (including phenoxy) is 1. The Labute approximate surface area is 213 Å². The van der Waals surface area contributed by atoms with Crippen molar-refractivity contribution in [3.8, 4) is 22.8 Å². The van der Waals surface area contributed by atoms with Crippen LogP contribution < -0.4 is 10.1 Å². The first-order valence-electron chi connectivity index (χ1n) is 11.1. The fourth-order valence-electron chi connectivity index (χ4n) is 3.83. The predicted octanol–water partition coefficient (Wildman–Crippen LogP) is 6.17. The van der Waals surface area contributed by atoms with Crippen LogP contribution >= 0.6 is 11.8 Å². The number of thioether (sulfide) groups is 1. The van der Waals surface area contributed by atoms with Crippen LogP contribution in [-0.2, 0) is 11.0 Å². The predicted molar refractivity (Wildman–Crippen MR) is 136 cm³/mol. The fraction of sp³-hybridized carbons (Fsp3) is 0.115. The molecule has 37 heavy (non-hydrogen) atoms. The van der Waals surface area contributed by atoms with Crippen molar-refractivity contribution >= 4 is 34.3 Å². The monoisotopic (exact) mass is 523 g/mol. The normalized spacial score (nSPS) is 11.6. The van der Waals surface area contributed by atoms with Gasteiger partial charge in [0.1, 0.15) is 5.75 Å². The molecule has 0 saturated heterocycles. The Kier molecular flexibility index (Phi) is 6.62. The van der Waals surface area contributed by atoms with E-state index in [9.17, 15) is 18.0 Å². The summed E-state index contributed by atoms with van der Waals surface area (Å²) in [4.78, 5) is 15.8. The minimum absolute atomic E-state index is 0.0246. The van der Waals surface area contributed by atoms with Gasteiger partial charge in [0.05, 0.1) is 18.4 Å². The number of nitrogens with zero attached hydrogens (tertiary/aromatic N) is 3. The van der Waals surface area contributed by atoms with Gasteiger partial charge >= 0.3 is 6.18 Å². The molecule has 1 amide bonds. The summed E-state index contributed by atoms with van der Waals surface area (Å²) in [6.07, 6.45) is -2.58. The van der Waals surface area contributed by atoms with Crippen molar-refractivity contribution < 1.29 is 22.7 Å². The minimum Gasteiger partial charge on any atom is -0.497 e. The molecule has 0 aliphatic rings. The second kappa shape index (κ2) is 10.0. The van der Waals surface area contributed by atoms with Crippen LogP contribution in [0.5, 0.6) is 5.75 Å². The first kappa shape index (κ1) is 24.4. The highest BCUT2D eigenvalue weighted by Gasteiger charge is 2.30. The number of nitrogens with one attached hydrogen (secondary N) is 2. The first-order valence-corrected chi connectivity index (χ1v) is 12.1. The van der Waals surface area contributed by atoms with Crippen LogP contribution in [0.2, 0.25) is 0 Å². The maximum absolute atomic E-state index is 12.8. The molecule has 2 N–H and O–H groups in total. The summed E-state index contributed by atoms with van der Waals surface area (Å²) < 4.78 is 45.5. The number of alkyl halides is 3. The Bertz CT molecular complexity index is 1540. The zero-order valence-electron chi connectivity index (χ0n) is 19.4. The molecule has 2 aromatic heterocycles. The molecule has 0 radical (unpaired) electrons. The van der Waals surface area contributed by atoms with Gasteiger partial charge in [0, 0.05) is 34.0 Å². The number of hydrogen-bond acceptors (Lipinski definition) is 5. The number of methoxy groups -OCH3 is 1. The number of amides is 1. The van der Waals surface area contributed by atoms with Crippen molar-refractivity contribution in [3.63, 3.8) is 0 Å². The summed E-state index contributed by atoms with van der Waals surface area (Å²) in [6, 6.07) is 19.5. The van der Waals surface area contributed by atoms with Crippen molar-refractivity contribution in [2.24, 2.45) is 0 Å². The van der Waals surface area contributed by atoms with Crippen LogP contribution in [0.3, 0.4) is 0 Å². The lowest BCUT2D eigenvalue weighted by atomic mass is 10.1. The number of benzene rings is 3. The molecule has 5 rings (SSSR count). The number of rotatable bonds is 7. The van der Waals surface area contributed by atoms with Gasteiger partial charge in [0.2, 0.25) is 5.91 Å². The standard InChI is InChI=1S/C26H20F3N5O2S/c1-36-19-12-10-18(11-13-19)34-24(21-14-30-22-5-3-2-4-20(21)22)32-33-25(34)37-15-23(35)31-17-8-6-16(7-9-17)26(27,28)29/h2-14,30H,15H2,1H3,(H,31,35). The Hall–Kier alpha value is -4.25. The minimum atomic E-state index is -4.44. The Morgan fingerprint density at radius 3 is 2.46 bits per heavy atom. The number of carbonyl (C=O) groups is 1. The van der Waals surface area contributed by atoms with E-state index in [-0.39, 0.29) is 17.3 Å². The molecule has 0 aliphatic heterocycles. The average molecular weight is 524 g/mol. The fourth-order valence-corrected chi connectivity index (χ4v) is 4.58. The third-order valence-electron chi connectivity index (χ3n) is 5.62. The maximum Gasteiger partial charge on any atom is 0.416 e. The quantitative estimate of drug-likeness (QED) is 0.249. The number of anilines is 1. The number of para-hydroxylation sites is 1. The third kappa shape index (κ3) is 5.17. The van der Waals surface area contributed by atoms with Crippen molar-refractivity contribution in [1.82, 2.24) is 19.7 Å². The summed E-state index contributed by atoms with van der Waals surface area (Å²) in [5, 5.41) is 12.8. The molecule has 2 heterocycles. The second-order valence-corrected chi connectivity index (χ2v) is 8.94. The molecule has 0 aliphatic carbocycles. The van der Waals surface area contributed by atoms with E-state index < -0.39 is 11.7 Å². The zero-order valence-corrected chi connectivity index (χ0v) is 20.2. The van der Waals surface area contributed by atoms with Gasteiger partial charge in [-0.15, -0.1) is 10.2 Å². The molecule has 0 spiro atoms. The maximum atomic E-state index is 12.8. The highest BCUT2D eigenvalue weighted by atomic mass is 32.2. The van der Waals surface area contributed by atoms with Crippen molar-refractivity contribution in [3.05, 3.63) is 84.6 Å². The molecule has 5 aromatic rings. The third-order valence-corrected chi connectivity index (χ3v) is 6.55. The molecule has 0 atom stereocenters. The van der Waals surface area contributed by atoms with Gasteiger partial charge in [-0.05, 0) is 54.6 Å². The van der Waals surface area contributed by atoms with Gasteiger partial charge < -0.3 is 15.0 Å². The molecule has 7 nitrogen and oxygen atoms in total. The smallest absolute Gasteiger partial charge is 0.416 e. The molecule has 0 unspecified atom stereocenters. The highest BCUT2D eigenvalue weighted by molar-refractivity contribution is 7.99. The number of fused-ring (bicyclic) bond motifs is 1. The van der Waals surface area contributed by atoms with E-state index in [2.05, 4.69) is 20.5 Å². The summed E-state index contributed by atoms with van der Waals surface area (Å²) in [5.41, 5.74) is 2.07. The molecule has 3 aromatic carbocycles. The number of halogens is 3. The van der Waals surface area contributed by atoms with E-state index in [4.69, 9.17) is 4.74 Å². The number of H-pyrrole nitrogens is 1. The van der Waals surface area contributed by atoms with Gasteiger partial charge in [-0.2, -0.15) is 13.2 Å². The summed E-state index contributed by atoms with van der Waals surface area (Å²) >= 11 is 1.17. The number of aromatic amines is 1. The van der Waals surface area contributed by atoms with E-state index >= 15 is 0 Å². The molecular formula is C26H20F3N5O2S. The van der Waals surface area contributed by atoms with E-state index in [0.29, 0.717) is 16.7 Å². The van der Waals surface area contributed by atoms with E-state index in [1.54, 1.807) is 7.11 Å². The van der Waals surface area contributed by atoms with Gasteiger partial charge in [0.25, 0.3) is 0 Å². The van der Waals surface area contributed by atoms with E-state index in [0.717, 1.165) is 34.3 Å². The van der Waals surface area contributed by atoms with Gasteiger partial charge in [0.15, 0.2) is 11.0 Å². The number of aromatic nitrogens is 4. The van der Waals surface area contributed by atoms with Crippen molar-refractivity contribution in [2.45, 2.75) is 11.3 Å². The lowest BCUT2D eigenvalue weighted by molar-refractivity contribution is -0.137. The van der Waals surface area contributed by atoms with Gasteiger partial charge in [-0.1, -0.05) is 30.0 Å². The lowest BCUT2D eigenvalue weighted by Gasteiger charge is -2.11. The van der Waals surface area contributed by atoms with Crippen LogP contribution in [0.1, 0.15) is 5.56 Å². The van der Waals surface area contributed by atoms with Crippen LogP contribution in [0.4, 0.5) is 18.9 Å². The number of hydrogen-bond donors (Lipinski definition) is 2. The summed E-state index contributed by atoms with van der Waals surface area (Å²) in [5.74, 6) is 0.870. The van der Waals surface area contributed by atoms with Crippen LogP contribution in [0.25, 0.3) is 28.0 Å². The number of carbonyl (C=O) groups excluding carboxylic acids is 1. The Morgan fingerprint density at radius 2 is 1.76 bits per heavy atom. The first-order chi connectivity index (χ1) is 17.8. The van der Waals surface area contributed by atoms with E-state index in [1.807, 2.05) is 59.3 Å². The van der Waals surface area contributed by atoms with Gasteiger partial charge in [-0.25, -0.2) is 0 Å². The summed E-state index contributed by atoms with van der Waals surface area (Å²) in [6.45, 7) is 0. The molecule has 188 valence electrons. The largest absolute Gasteiger partial charge is 0.497 e. The SMILES string of the molecule is COc1ccc(-n2c(SCC(=O)Nc3ccc(C(F)(F)F)cc3)nnc2-c2c[nH]c3ccccc23)cc1. The highest BCUT2D eigenvalue weighted by Crippen LogP contribution is 2.33. The van der Waals surface area contributed by atoms with Crippen LogP contribution in [-0.4, -0.2) is 38.5 Å². The Morgan fingerprint density at radius 1 is 1.03 bits per heavy atom. The molecule has 0 fully saturated rings. The van der Waals surface area contributed by atoms with Crippen molar-refractivity contribution in [1.29, 1.82) is 0 Å². The van der Waals surface area contributed by atoms with Crippen molar-refractivity contribution in [2.75, 3.05) is 18.2 Å². The molecule has 11 heteroatoms. The van der Waals surface area contributed by atoms with Crippen LogP contribution in [0.15, 0.2) is 84.1 Å². The molecular weight excluding hydrogens is 503 g/mol.